The summed E-state index contributed by atoms with van der Waals surface area (Å²) < 4.78 is 6.07. The molecule has 2 heterocycles. The number of fused-ring (bicyclic) bond motifs is 1. The largest absolute Gasteiger partial charge is 0.460 e. The van der Waals surface area contributed by atoms with Gasteiger partial charge in [0.25, 0.3) is 0 Å². The monoisotopic (exact) mass is 287 g/mol. The molecule has 3 heteroatoms. The molecule has 114 valence electrons. The molecule has 3 rings (SSSR count). The molecule has 2 atom stereocenters. The Morgan fingerprint density at radius 3 is 2.71 bits per heavy atom. The highest BCUT2D eigenvalue weighted by molar-refractivity contribution is 5.46. The van der Waals surface area contributed by atoms with Gasteiger partial charge in [-0.1, -0.05) is 31.5 Å². The molecule has 2 aliphatic rings. The van der Waals surface area contributed by atoms with Crippen LogP contribution in [0.15, 0.2) is 36.1 Å². The topological polar surface area (TPSA) is 32.7 Å². The van der Waals surface area contributed by atoms with Crippen LogP contribution < -0.4 is 4.74 Å². The summed E-state index contributed by atoms with van der Waals surface area (Å²) in [7, 11) is 0. The first kappa shape index (κ1) is 14.6. The molecular formula is C18H25NO2. The van der Waals surface area contributed by atoms with Crippen LogP contribution >= 0.6 is 0 Å². The number of likely N-dealkylation sites (tertiary alicyclic amines) is 1. The van der Waals surface area contributed by atoms with Crippen LogP contribution in [-0.2, 0) is 0 Å². The number of benzene rings is 1. The average Bonchev–Trinajstić information content (AvgIpc) is 2.85. The smallest absolute Gasteiger partial charge is 0.132 e. The molecular weight excluding hydrogens is 262 g/mol. The van der Waals surface area contributed by atoms with Gasteiger partial charge in [-0.2, -0.15) is 0 Å². The third-order valence-corrected chi connectivity index (χ3v) is 4.64. The van der Waals surface area contributed by atoms with E-state index in [1.807, 2.05) is 32.1 Å². The van der Waals surface area contributed by atoms with E-state index >= 15 is 0 Å². The number of aliphatic hydroxyl groups is 1. The highest BCUT2D eigenvalue weighted by Gasteiger charge is 2.36. The number of nitrogens with zero attached hydrogens (tertiary/aromatic N) is 1. The van der Waals surface area contributed by atoms with Crippen molar-refractivity contribution in [2.24, 2.45) is 0 Å². The van der Waals surface area contributed by atoms with E-state index in [4.69, 9.17) is 4.74 Å². The minimum atomic E-state index is -0.814. The predicted octanol–water partition coefficient (Wildman–Crippen LogP) is 3.65. The van der Waals surface area contributed by atoms with E-state index in [9.17, 15) is 5.11 Å². The fraction of sp³-hybridized carbons (Fsp3) is 0.556. The van der Waals surface area contributed by atoms with Crippen LogP contribution in [0.2, 0.25) is 0 Å². The minimum Gasteiger partial charge on any atom is -0.460 e. The molecule has 1 N–H and O–H groups in total. The Morgan fingerprint density at radius 2 is 2.00 bits per heavy atom. The second-order valence-corrected chi connectivity index (χ2v) is 6.40. The molecule has 0 radical (unpaired) electrons. The molecule has 0 bridgehead atoms. The highest BCUT2D eigenvalue weighted by atomic mass is 16.5. The van der Waals surface area contributed by atoms with Crippen molar-refractivity contribution >= 4 is 0 Å². The van der Waals surface area contributed by atoms with Crippen LogP contribution in [0.5, 0.6) is 5.75 Å². The van der Waals surface area contributed by atoms with Gasteiger partial charge in [0.15, 0.2) is 0 Å². The molecule has 1 aromatic carbocycles. The molecule has 1 saturated heterocycles. The number of ether oxygens (including phenoxy) is 1. The van der Waals surface area contributed by atoms with E-state index in [0.717, 1.165) is 24.6 Å². The zero-order chi connectivity index (χ0) is 14.9. The quantitative estimate of drug-likeness (QED) is 0.921. The lowest BCUT2D eigenvalue weighted by Crippen LogP contribution is -2.34. The van der Waals surface area contributed by atoms with Crippen molar-refractivity contribution in [2.45, 2.75) is 51.2 Å². The predicted molar refractivity (Wildman–Crippen MR) is 84.2 cm³/mol. The van der Waals surface area contributed by atoms with Crippen molar-refractivity contribution in [3.63, 3.8) is 0 Å². The van der Waals surface area contributed by atoms with E-state index in [1.54, 1.807) is 0 Å². The molecule has 3 nitrogen and oxygen atoms in total. The number of hydrogen-bond acceptors (Lipinski definition) is 3. The van der Waals surface area contributed by atoms with Crippen molar-refractivity contribution in [3.8, 4) is 5.75 Å². The second-order valence-electron chi connectivity index (χ2n) is 6.40. The van der Waals surface area contributed by atoms with Gasteiger partial charge in [-0.25, -0.2) is 0 Å². The van der Waals surface area contributed by atoms with Gasteiger partial charge >= 0.3 is 0 Å². The maximum absolute atomic E-state index is 10.4. The van der Waals surface area contributed by atoms with E-state index in [0.29, 0.717) is 6.42 Å². The van der Waals surface area contributed by atoms with Crippen LogP contribution in [0.4, 0.5) is 0 Å². The molecule has 2 unspecified atom stereocenters. The van der Waals surface area contributed by atoms with Gasteiger partial charge in [0.05, 0.1) is 11.6 Å². The summed E-state index contributed by atoms with van der Waals surface area (Å²) in [5.74, 6) is 1.83. The maximum Gasteiger partial charge on any atom is 0.132 e. The Bertz CT molecular complexity index is 530. The Balaban J connectivity index is 1.96. The van der Waals surface area contributed by atoms with Crippen molar-refractivity contribution in [2.75, 3.05) is 13.1 Å². The Morgan fingerprint density at radius 1 is 1.29 bits per heavy atom. The van der Waals surface area contributed by atoms with E-state index in [1.165, 1.54) is 24.8 Å². The molecule has 0 saturated carbocycles. The molecule has 1 aromatic rings. The zero-order valence-electron chi connectivity index (χ0n) is 13.0. The Hall–Kier alpha value is -1.32. The summed E-state index contributed by atoms with van der Waals surface area (Å²) in [5, 5.41) is 10.4. The van der Waals surface area contributed by atoms with Crippen LogP contribution in [0.3, 0.4) is 0 Å². The first-order valence-electron chi connectivity index (χ1n) is 8.07. The van der Waals surface area contributed by atoms with Crippen molar-refractivity contribution < 1.29 is 9.84 Å². The lowest BCUT2D eigenvalue weighted by Gasteiger charge is -2.32. The molecule has 0 aromatic heterocycles. The second kappa shape index (κ2) is 5.82. The number of hydrogen-bond donors (Lipinski definition) is 1. The molecule has 21 heavy (non-hydrogen) atoms. The third-order valence-electron chi connectivity index (χ3n) is 4.64. The van der Waals surface area contributed by atoms with Gasteiger partial charge in [-0.05, 0) is 51.4 Å². The van der Waals surface area contributed by atoms with Gasteiger partial charge in [0.1, 0.15) is 11.5 Å². The maximum atomic E-state index is 10.4. The van der Waals surface area contributed by atoms with Crippen molar-refractivity contribution in [3.05, 3.63) is 41.7 Å². The molecule has 1 fully saturated rings. The lowest BCUT2D eigenvalue weighted by molar-refractivity contribution is 0.0994. The summed E-state index contributed by atoms with van der Waals surface area (Å²) in [6.07, 6.45) is 6.40. The summed E-state index contributed by atoms with van der Waals surface area (Å²) >= 11 is 0. The number of piperidine rings is 1. The van der Waals surface area contributed by atoms with Crippen molar-refractivity contribution in [1.29, 1.82) is 0 Å². The first-order chi connectivity index (χ1) is 10.1. The summed E-state index contributed by atoms with van der Waals surface area (Å²) in [5.41, 5.74) is 0.420. The van der Waals surface area contributed by atoms with E-state index < -0.39 is 5.60 Å². The fourth-order valence-corrected chi connectivity index (χ4v) is 3.21. The Labute approximate surface area is 127 Å². The normalized spacial score (nSPS) is 27.2. The summed E-state index contributed by atoms with van der Waals surface area (Å²) in [6, 6.07) is 8.41. The van der Waals surface area contributed by atoms with Crippen LogP contribution in [0.25, 0.3) is 0 Å². The molecule has 2 aliphatic heterocycles. The van der Waals surface area contributed by atoms with Gasteiger partial charge in [0.2, 0.25) is 0 Å². The van der Waals surface area contributed by atoms with Crippen LogP contribution in [-0.4, -0.2) is 28.7 Å². The van der Waals surface area contributed by atoms with Gasteiger partial charge in [0, 0.05) is 5.56 Å². The third kappa shape index (κ3) is 2.99. The van der Waals surface area contributed by atoms with Crippen molar-refractivity contribution in [1.82, 2.24) is 4.90 Å². The SMILES string of the molecule is CCC(C)(O)C=C1Oc2ccccc2C1N1CCCCC1. The standard InChI is InChI=1S/C18H25NO2/c1-3-18(2,20)13-16-17(19-11-7-4-8-12-19)14-9-5-6-10-15(14)21-16/h5-6,9-10,13,17,20H,3-4,7-8,11-12H2,1-2H3. The number of rotatable bonds is 3. The minimum absolute atomic E-state index is 0.166. The van der Waals surface area contributed by atoms with Gasteiger partial charge < -0.3 is 9.84 Å². The van der Waals surface area contributed by atoms with Crippen LogP contribution in [0, 0.1) is 0 Å². The molecule has 0 aliphatic carbocycles. The van der Waals surface area contributed by atoms with Crippen LogP contribution in [0.1, 0.15) is 51.1 Å². The fourth-order valence-electron chi connectivity index (χ4n) is 3.21. The average molecular weight is 287 g/mol. The van der Waals surface area contributed by atoms with Gasteiger partial charge in [-0.15, -0.1) is 0 Å². The highest BCUT2D eigenvalue weighted by Crippen LogP contribution is 2.44. The molecule has 0 spiro atoms. The first-order valence-corrected chi connectivity index (χ1v) is 8.07. The van der Waals surface area contributed by atoms with Gasteiger partial charge in [-0.3, -0.25) is 4.90 Å². The number of para-hydroxylation sites is 1. The lowest BCUT2D eigenvalue weighted by atomic mass is 9.97. The summed E-state index contributed by atoms with van der Waals surface area (Å²) in [4.78, 5) is 2.49. The molecule has 0 amide bonds. The summed E-state index contributed by atoms with van der Waals surface area (Å²) in [6.45, 7) is 6.05. The van der Waals surface area contributed by atoms with E-state index in [-0.39, 0.29) is 6.04 Å². The van der Waals surface area contributed by atoms with E-state index in [2.05, 4.69) is 17.0 Å². The zero-order valence-corrected chi connectivity index (χ0v) is 13.0. The Kier molecular flexibility index (Phi) is 4.05.